The van der Waals surface area contributed by atoms with Gasteiger partial charge in [-0.1, -0.05) is 41.5 Å². The summed E-state index contributed by atoms with van der Waals surface area (Å²) < 4.78 is 37.1. The molecule has 0 bridgehead atoms. The molecule has 2 heterocycles. The average Bonchev–Trinajstić information content (AvgIpc) is 2.79. The van der Waals surface area contributed by atoms with Crippen LogP contribution in [0, 0.1) is 0 Å². The fourth-order valence-electron chi connectivity index (χ4n) is 4.30. The fourth-order valence-corrected chi connectivity index (χ4v) is 7.02. The minimum atomic E-state index is -2.30. The van der Waals surface area contributed by atoms with Crippen molar-refractivity contribution in [2.75, 3.05) is 14.2 Å². The largest absolute Gasteiger partial charge is 0.411 e. The fraction of sp³-hybridized carbons (Fsp3) is 0.929. The summed E-state index contributed by atoms with van der Waals surface area (Å²) in [5.41, 5.74) is 0. The summed E-state index contributed by atoms with van der Waals surface area (Å²) in [6.45, 7) is 22.0. The second kappa shape index (κ2) is 13.0. The van der Waals surface area contributed by atoms with Crippen molar-refractivity contribution >= 4 is 28.2 Å². The van der Waals surface area contributed by atoms with Gasteiger partial charge in [0.05, 0.1) is 12.2 Å². The van der Waals surface area contributed by atoms with E-state index in [0.717, 1.165) is 0 Å². The monoisotopic (exact) mass is 574 g/mol. The standard InChI is InChI=1S/C28H54O8Si2/c1-27(2,3)37(9,10)35-23(17-21-19(29)13-15-25(31-7)33-21)24(36-38(11,12)28(4,5)6)18-22-20(30)14-16-26(32-8)34-22/h21-26H,13-18H2,1-12H3/t21-,22+,23+,24-,25?,26?. The molecule has 38 heavy (non-hydrogen) atoms. The molecule has 2 unspecified atom stereocenters. The van der Waals surface area contributed by atoms with Gasteiger partial charge in [-0.25, -0.2) is 0 Å². The summed E-state index contributed by atoms with van der Waals surface area (Å²) in [6, 6.07) is 0. The Labute approximate surface area is 233 Å². The van der Waals surface area contributed by atoms with Gasteiger partial charge in [-0.2, -0.15) is 0 Å². The number of rotatable bonds is 11. The molecule has 2 rings (SSSR count). The highest BCUT2D eigenvalue weighted by atomic mass is 28.4. The molecule has 2 aliphatic rings. The van der Waals surface area contributed by atoms with Gasteiger partial charge in [0.1, 0.15) is 12.2 Å². The maximum atomic E-state index is 13.0. The molecule has 2 fully saturated rings. The SMILES string of the molecule is COC1CCC(=O)[C@H](C[C@@H](O[Si](C)(C)C(C)(C)C)[C@H](C[C@H]2OC(OC)CCC2=O)O[Si](C)(C)C(C)(C)C)O1. The first kappa shape index (κ1) is 33.7. The van der Waals surface area contributed by atoms with E-state index in [-0.39, 0.29) is 21.6 Å². The van der Waals surface area contributed by atoms with Crippen LogP contribution in [-0.2, 0) is 37.4 Å². The van der Waals surface area contributed by atoms with Crippen LogP contribution in [0.15, 0.2) is 0 Å². The van der Waals surface area contributed by atoms with Gasteiger partial charge >= 0.3 is 0 Å². The smallest absolute Gasteiger partial charge is 0.192 e. The Morgan fingerprint density at radius 1 is 0.711 bits per heavy atom. The first-order chi connectivity index (χ1) is 17.3. The minimum Gasteiger partial charge on any atom is -0.411 e. The van der Waals surface area contributed by atoms with Crippen LogP contribution in [0.5, 0.6) is 0 Å². The number of carbonyl (C=O) groups is 2. The molecule has 0 radical (unpaired) electrons. The van der Waals surface area contributed by atoms with E-state index in [0.29, 0.717) is 38.5 Å². The van der Waals surface area contributed by atoms with Crippen LogP contribution in [0.25, 0.3) is 0 Å². The van der Waals surface area contributed by atoms with E-state index >= 15 is 0 Å². The molecule has 6 atom stereocenters. The van der Waals surface area contributed by atoms with Crippen LogP contribution in [0.4, 0.5) is 0 Å². The number of ketones is 2. The Morgan fingerprint density at radius 3 is 1.29 bits per heavy atom. The zero-order chi connectivity index (χ0) is 29.1. The first-order valence-electron chi connectivity index (χ1n) is 14.1. The number of Topliss-reactive ketones (excluding diaryl/α,β-unsaturated/α-hetero) is 2. The normalized spacial score (nSPS) is 27.9. The summed E-state index contributed by atoms with van der Waals surface area (Å²) >= 11 is 0. The Balaban J connectivity index is 2.50. The highest BCUT2D eigenvalue weighted by molar-refractivity contribution is 6.74. The lowest BCUT2D eigenvalue weighted by Crippen LogP contribution is -2.55. The Hall–Kier alpha value is -0.466. The van der Waals surface area contributed by atoms with Crippen LogP contribution in [-0.4, -0.2) is 79.4 Å². The van der Waals surface area contributed by atoms with Gasteiger partial charge in [0, 0.05) is 52.7 Å². The van der Waals surface area contributed by atoms with Gasteiger partial charge in [0.25, 0.3) is 0 Å². The van der Waals surface area contributed by atoms with Gasteiger partial charge in [-0.05, 0) is 36.3 Å². The lowest BCUT2D eigenvalue weighted by molar-refractivity contribution is -0.197. The summed E-state index contributed by atoms with van der Waals surface area (Å²) in [5.74, 6) is 0.107. The van der Waals surface area contributed by atoms with Crippen molar-refractivity contribution in [3.8, 4) is 0 Å². The molecule has 0 saturated carbocycles. The van der Waals surface area contributed by atoms with E-state index < -0.39 is 53.6 Å². The minimum absolute atomic E-state index is 0.0534. The van der Waals surface area contributed by atoms with E-state index in [1.54, 1.807) is 14.2 Å². The van der Waals surface area contributed by atoms with Crippen molar-refractivity contribution in [1.29, 1.82) is 0 Å². The number of hydrogen-bond acceptors (Lipinski definition) is 8. The lowest BCUT2D eigenvalue weighted by atomic mass is 9.94. The van der Waals surface area contributed by atoms with Gasteiger partial charge in [0.2, 0.25) is 0 Å². The Morgan fingerprint density at radius 2 is 1.03 bits per heavy atom. The predicted molar refractivity (Wildman–Crippen MR) is 153 cm³/mol. The topological polar surface area (TPSA) is 89.5 Å². The van der Waals surface area contributed by atoms with Gasteiger partial charge in [-0.15, -0.1) is 0 Å². The molecular weight excluding hydrogens is 520 g/mol. The first-order valence-corrected chi connectivity index (χ1v) is 19.9. The highest BCUT2D eigenvalue weighted by Crippen LogP contribution is 2.42. The summed E-state index contributed by atoms with van der Waals surface area (Å²) in [5, 5.41) is -0.116. The molecular formula is C28H54O8Si2. The van der Waals surface area contributed by atoms with Crippen LogP contribution < -0.4 is 0 Å². The maximum Gasteiger partial charge on any atom is 0.192 e. The molecule has 0 aliphatic carbocycles. The van der Waals surface area contributed by atoms with Crippen molar-refractivity contribution in [1.82, 2.24) is 0 Å². The van der Waals surface area contributed by atoms with Crippen LogP contribution in [0.3, 0.4) is 0 Å². The number of hydrogen-bond donors (Lipinski definition) is 0. The summed E-state index contributed by atoms with van der Waals surface area (Å²) in [6.07, 6.45) is -0.437. The van der Waals surface area contributed by atoms with Crippen molar-refractivity contribution in [3.63, 3.8) is 0 Å². The number of ether oxygens (including phenoxy) is 4. The lowest BCUT2D eigenvalue weighted by Gasteiger charge is -2.46. The molecule has 2 aliphatic heterocycles. The van der Waals surface area contributed by atoms with Crippen LogP contribution >= 0.6 is 0 Å². The number of methoxy groups -OCH3 is 2. The van der Waals surface area contributed by atoms with Crippen molar-refractivity contribution in [2.24, 2.45) is 0 Å². The molecule has 0 spiro atoms. The van der Waals surface area contributed by atoms with Crippen LogP contribution in [0.1, 0.15) is 80.1 Å². The van der Waals surface area contributed by atoms with Crippen molar-refractivity contribution < 1.29 is 37.4 Å². The molecule has 222 valence electrons. The Bertz CT molecular complexity index is 736. The predicted octanol–water partition coefficient (Wildman–Crippen LogP) is 5.99. The quantitative estimate of drug-likeness (QED) is 0.278. The summed E-state index contributed by atoms with van der Waals surface area (Å²) in [4.78, 5) is 26.0. The van der Waals surface area contributed by atoms with Crippen LogP contribution in [0.2, 0.25) is 36.3 Å². The molecule has 8 nitrogen and oxygen atoms in total. The molecule has 0 aromatic heterocycles. The van der Waals surface area contributed by atoms with Crippen molar-refractivity contribution in [2.45, 2.75) is 153 Å². The zero-order valence-corrected chi connectivity index (χ0v) is 28.0. The average molecular weight is 575 g/mol. The molecule has 0 aromatic rings. The molecule has 10 heteroatoms. The highest BCUT2D eigenvalue weighted by Gasteiger charge is 2.47. The third-order valence-corrected chi connectivity index (χ3v) is 17.9. The van der Waals surface area contributed by atoms with E-state index in [2.05, 4.69) is 67.7 Å². The van der Waals surface area contributed by atoms with E-state index in [1.807, 2.05) is 0 Å². The molecule has 0 amide bonds. The maximum absolute atomic E-state index is 13.0. The van der Waals surface area contributed by atoms with E-state index in [9.17, 15) is 9.59 Å². The van der Waals surface area contributed by atoms with Gasteiger partial charge < -0.3 is 27.8 Å². The zero-order valence-electron chi connectivity index (χ0n) is 26.0. The second-order valence-corrected chi connectivity index (χ2v) is 23.4. The van der Waals surface area contributed by atoms with Gasteiger partial charge in [0.15, 0.2) is 40.8 Å². The van der Waals surface area contributed by atoms with Crippen molar-refractivity contribution in [3.05, 3.63) is 0 Å². The molecule has 0 N–H and O–H groups in total. The Kier molecular flexibility index (Phi) is 11.6. The summed E-state index contributed by atoms with van der Waals surface area (Å²) in [7, 11) is -1.40. The molecule has 0 aromatic carbocycles. The second-order valence-electron chi connectivity index (χ2n) is 13.9. The van der Waals surface area contributed by atoms with E-state index in [4.69, 9.17) is 27.8 Å². The van der Waals surface area contributed by atoms with E-state index in [1.165, 1.54) is 0 Å². The van der Waals surface area contributed by atoms with Gasteiger partial charge in [-0.3, -0.25) is 9.59 Å². The molecule has 2 saturated heterocycles. The third-order valence-electron chi connectivity index (χ3n) is 8.94. The third kappa shape index (κ3) is 8.76. The number of carbonyl (C=O) groups excluding carboxylic acids is 2.